The van der Waals surface area contributed by atoms with Crippen molar-refractivity contribution in [3.8, 4) is 17.2 Å². The molecule has 0 saturated carbocycles. The maximum absolute atomic E-state index is 12.5. The Morgan fingerprint density at radius 2 is 1.68 bits per heavy atom. The Morgan fingerprint density at radius 1 is 1.00 bits per heavy atom. The van der Waals surface area contributed by atoms with Gasteiger partial charge in [-0.25, -0.2) is 5.43 Å². The highest BCUT2D eigenvalue weighted by atomic mass is 35.5. The first-order valence-corrected chi connectivity index (χ1v) is 9.57. The SMILES string of the molecule is COc1ccc(/C=N/NC(=O)c2sc3c(Cl)c(OC)ccc3c2Cl)cc1OC. The summed E-state index contributed by atoms with van der Waals surface area (Å²) in [5.74, 6) is 1.26. The molecule has 1 heterocycles. The number of nitrogens with one attached hydrogen (secondary N) is 1. The average Bonchev–Trinajstić information content (AvgIpc) is 3.05. The summed E-state index contributed by atoms with van der Waals surface area (Å²) in [5.41, 5.74) is 3.20. The second-order valence-corrected chi connectivity index (χ2v) is 7.29. The molecule has 0 fully saturated rings. The zero-order valence-electron chi connectivity index (χ0n) is 15.2. The van der Waals surface area contributed by atoms with Gasteiger partial charge >= 0.3 is 0 Å². The number of methoxy groups -OCH3 is 3. The molecule has 0 saturated heterocycles. The predicted molar refractivity (Wildman–Crippen MR) is 113 cm³/mol. The van der Waals surface area contributed by atoms with Crippen LogP contribution in [-0.2, 0) is 0 Å². The normalized spacial score (nSPS) is 11.0. The number of rotatable bonds is 6. The van der Waals surface area contributed by atoms with E-state index in [1.54, 1.807) is 44.6 Å². The number of nitrogens with zero attached hydrogens (tertiary/aromatic N) is 1. The summed E-state index contributed by atoms with van der Waals surface area (Å²) in [5, 5.41) is 5.41. The minimum Gasteiger partial charge on any atom is -0.495 e. The lowest BCUT2D eigenvalue weighted by molar-refractivity contribution is 0.0959. The van der Waals surface area contributed by atoms with Gasteiger partial charge < -0.3 is 14.2 Å². The van der Waals surface area contributed by atoms with Crippen molar-refractivity contribution in [3.63, 3.8) is 0 Å². The number of benzene rings is 2. The molecule has 0 bridgehead atoms. The van der Waals surface area contributed by atoms with Crippen LogP contribution in [0.2, 0.25) is 10.0 Å². The Kier molecular flexibility index (Phi) is 6.28. The molecule has 0 atom stereocenters. The van der Waals surface area contributed by atoms with E-state index in [-0.39, 0.29) is 0 Å². The van der Waals surface area contributed by atoms with E-state index in [1.807, 2.05) is 0 Å². The van der Waals surface area contributed by atoms with Gasteiger partial charge in [-0.15, -0.1) is 11.3 Å². The van der Waals surface area contributed by atoms with Crippen LogP contribution < -0.4 is 19.6 Å². The number of ether oxygens (including phenoxy) is 3. The first-order valence-electron chi connectivity index (χ1n) is 8.00. The number of hydrazone groups is 1. The fourth-order valence-electron chi connectivity index (χ4n) is 2.53. The number of halogens is 2. The van der Waals surface area contributed by atoms with Gasteiger partial charge in [0, 0.05) is 5.39 Å². The molecule has 1 N–H and O–H groups in total. The van der Waals surface area contributed by atoms with Crippen LogP contribution in [0.3, 0.4) is 0 Å². The molecule has 0 aliphatic rings. The van der Waals surface area contributed by atoms with E-state index in [1.165, 1.54) is 24.7 Å². The van der Waals surface area contributed by atoms with E-state index in [4.69, 9.17) is 37.4 Å². The summed E-state index contributed by atoms with van der Waals surface area (Å²) in [6, 6.07) is 8.76. The first-order chi connectivity index (χ1) is 13.5. The van der Waals surface area contributed by atoms with Gasteiger partial charge in [0.05, 0.1) is 37.3 Å². The molecule has 3 aromatic rings. The van der Waals surface area contributed by atoms with Crippen LogP contribution in [0.25, 0.3) is 10.1 Å². The maximum atomic E-state index is 12.5. The Bertz CT molecular complexity index is 1070. The number of carbonyl (C=O) groups excluding carboxylic acids is 1. The molecule has 6 nitrogen and oxygen atoms in total. The van der Waals surface area contributed by atoms with E-state index in [0.717, 1.165) is 5.56 Å². The molecule has 146 valence electrons. The summed E-state index contributed by atoms with van der Waals surface area (Å²) in [6.07, 6.45) is 1.50. The zero-order valence-corrected chi connectivity index (χ0v) is 17.5. The van der Waals surface area contributed by atoms with Gasteiger partial charge in [-0.1, -0.05) is 23.2 Å². The van der Waals surface area contributed by atoms with Gasteiger partial charge in [-0.05, 0) is 35.9 Å². The van der Waals surface area contributed by atoms with Gasteiger partial charge in [-0.3, -0.25) is 4.79 Å². The van der Waals surface area contributed by atoms with E-state index in [9.17, 15) is 4.79 Å². The molecule has 28 heavy (non-hydrogen) atoms. The van der Waals surface area contributed by atoms with Crippen LogP contribution in [0, 0.1) is 0 Å². The number of fused-ring (bicyclic) bond motifs is 1. The standard InChI is InChI=1S/C19H16Cl2N2O4S/c1-25-12-6-4-10(8-14(12)27-3)9-22-23-19(24)18-15(20)11-5-7-13(26-2)16(21)17(11)28-18/h4-9H,1-3H3,(H,23,24)/b22-9+. The summed E-state index contributed by atoms with van der Waals surface area (Å²) in [6.45, 7) is 0. The Labute approximate surface area is 175 Å². The Balaban J connectivity index is 1.81. The van der Waals surface area contributed by atoms with Crippen molar-refractivity contribution < 1.29 is 19.0 Å². The fourth-order valence-corrected chi connectivity index (χ4v) is 4.32. The Hall–Kier alpha value is -2.48. The largest absolute Gasteiger partial charge is 0.495 e. The van der Waals surface area contributed by atoms with E-state index >= 15 is 0 Å². The summed E-state index contributed by atoms with van der Waals surface area (Å²) in [7, 11) is 4.63. The van der Waals surface area contributed by atoms with Crippen molar-refractivity contribution in [2.24, 2.45) is 5.10 Å². The molecule has 2 aromatic carbocycles. The predicted octanol–water partition coefficient (Wildman–Crippen LogP) is 5.00. The second-order valence-electron chi connectivity index (χ2n) is 5.52. The van der Waals surface area contributed by atoms with Crippen molar-refractivity contribution in [1.29, 1.82) is 0 Å². The first kappa shape index (κ1) is 20.3. The third kappa shape index (κ3) is 3.87. The lowest BCUT2D eigenvalue weighted by atomic mass is 10.2. The second kappa shape index (κ2) is 8.68. The zero-order chi connectivity index (χ0) is 20.3. The molecule has 0 aliphatic heterocycles. The number of amides is 1. The van der Waals surface area contributed by atoms with Gasteiger partial charge in [0.1, 0.15) is 15.6 Å². The molecule has 0 aliphatic carbocycles. The maximum Gasteiger partial charge on any atom is 0.283 e. The van der Waals surface area contributed by atoms with Crippen molar-refractivity contribution in [1.82, 2.24) is 5.43 Å². The van der Waals surface area contributed by atoms with Gasteiger partial charge in [0.25, 0.3) is 5.91 Å². The van der Waals surface area contributed by atoms with Crippen LogP contribution in [-0.4, -0.2) is 33.5 Å². The van der Waals surface area contributed by atoms with Crippen LogP contribution in [0.4, 0.5) is 0 Å². The molecule has 0 unspecified atom stereocenters. The number of carbonyl (C=O) groups is 1. The van der Waals surface area contributed by atoms with Crippen molar-refractivity contribution in [2.45, 2.75) is 0 Å². The molecular weight excluding hydrogens is 423 g/mol. The van der Waals surface area contributed by atoms with Crippen LogP contribution in [0.15, 0.2) is 35.4 Å². The van der Waals surface area contributed by atoms with Crippen molar-refractivity contribution in [3.05, 3.63) is 50.8 Å². The van der Waals surface area contributed by atoms with Gasteiger partial charge in [0.2, 0.25) is 0 Å². The van der Waals surface area contributed by atoms with Crippen molar-refractivity contribution >= 4 is 56.7 Å². The molecule has 0 spiro atoms. The van der Waals surface area contributed by atoms with Crippen LogP contribution >= 0.6 is 34.5 Å². The fraction of sp³-hybridized carbons (Fsp3) is 0.158. The quantitative estimate of drug-likeness (QED) is 0.434. The summed E-state index contributed by atoms with van der Waals surface area (Å²) in [4.78, 5) is 12.8. The Morgan fingerprint density at radius 3 is 2.36 bits per heavy atom. The third-order valence-electron chi connectivity index (χ3n) is 3.92. The number of thiophene rings is 1. The highest BCUT2D eigenvalue weighted by molar-refractivity contribution is 7.22. The molecule has 3 rings (SSSR count). The lowest BCUT2D eigenvalue weighted by Gasteiger charge is -2.07. The lowest BCUT2D eigenvalue weighted by Crippen LogP contribution is -2.16. The summed E-state index contributed by atoms with van der Waals surface area (Å²) >= 11 is 13.8. The monoisotopic (exact) mass is 438 g/mol. The van der Waals surface area contributed by atoms with E-state index in [2.05, 4.69) is 10.5 Å². The van der Waals surface area contributed by atoms with Crippen LogP contribution in [0.5, 0.6) is 17.2 Å². The molecule has 9 heteroatoms. The van der Waals surface area contributed by atoms with Gasteiger partial charge in [0.15, 0.2) is 11.5 Å². The summed E-state index contributed by atoms with van der Waals surface area (Å²) < 4.78 is 16.3. The van der Waals surface area contributed by atoms with Crippen molar-refractivity contribution in [2.75, 3.05) is 21.3 Å². The third-order valence-corrected chi connectivity index (χ3v) is 6.13. The van der Waals surface area contributed by atoms with Gasteiger partial charge in [-0.2, -0.15) is 5.10 Å². The average molecular weight is 439 g/mol. The minimum absolute atomic E-state index is 0.316. The highest BCUT2D eigenvalue weighted by Gasteiger charge is 2.20. The smallest absolute Gasteiger partial charge is 0.283 e. The number of hydrogen-bond donors (Lipinski definition) is 1. The molecule has 1 aromatic heterocycles. The van der Waals surface area contributed by atoms with E-state index in [0.29, 0.717) is 42.3 Å². The highest BCUT2D eigenvalue weighted by Crippen LogP contribution is 2.42. The minimum atomic E-state index is -0.432. The molecule has 1 amide bonds. The molecular formula is C19H16Cl2N2O4S. The molecule has 0 radical (unpaired) electrons. The number of hydrogen-bond acceptors (Lipinski definition) is 6. The van der Waals surface area contributed by atoms with Crippen LogP contribution in [0.1, 0.15) is 15.2 Å². The topological polar surface area (TPSA) is 69.2 Å². The van der Waals surface area contributed by atoms with E-state index < -0.39 is 5.91 Å².